The van der Waals surface area contributed by atoms with Crippen LogP contribution in [0.1, 0.15) is 44.9 Å². The molecule has 4 bridgehead atoms. The van der Waals surface area contributed by atoms with Crippen molar-refractivity contribution < 1.29 is 9.53 Å². The Kier molecular flexibility index (Phi) is 4.81. The van der Waals surface area contributed by atoms with E-state index in [4.69, 9.17) is 16.3 Å². The van der Waals surface area contributed by atoms with Gasteiger partial charge in [0.2, 0.25) is 0 Å². The van der Waals surface area contributed by atoms with Crippen molar-refractivity contribution in [2.24, 2.45) is 17.8 Å². The fourth-order valence-corrected chi connectivity index (χ4v) is 5.76. The number of urea groups is 1. The number of rotatable bonds is 6. The van der Waals surface area contributed by atoms with E-state index >= 15 is 0 Å². The summed E-state index contributed by atoms with van der Waals surface area (Å²) in [5, 5.41) is 6.95. The molecule has 4 aliphatic rings. The predicted molar refractivity (Wildman–Crippen MR) is 99.0 cm³/mol. The summed E-state index contributed by atoms with van der Waals surface area (Å²) in [6.45, 7) is 1.16. The fourth-order valence-electron chi connectivity index (χ4n) is 5.57. The van der Waals surface area contributed by atoms with Gasteiger partial charge in [0.25, 0.3) is 0 Å². The van der Waals surface area contributed by atoms with Gasteiger partial charge in [-0.2, -0.15) is 0 Å². The summed E-state index contributed by atoms with van der Waals surface area (Å²) in [5.74, 6) is 3.23. The molecule has 0 aromatic heterocycles. The number of halogens is 1. The van der Waals surface area contributed by atoms with E-state index in [0.29, 0.717) is 23.9 Å². The van der Waals surface area contributed by atoms with Crippen LogP contribution >= 0.6 is 11.6 Å². The van der Waals surface area contributed by atoms with Crippen LogP contribution in [0, 0.1) is 17.8 Å². The van der Waals surface area contributed by atoms with Crippen molar-refractivity contribution in [2.45, 2.75) is 50.5 Å². The van der Waals surface area contributed by atoms with Gasteiger partial charge in [-0.3, -0.25) is 0 Å². The quantitative estimate of drug-likeness (QED) is 0.738. The number of hydrogen-bond donors (Lipinski definition) is 2. The van der Waals surface area contributed by atoms with Gasteiger partial charge in [-0.05, 0) is 74.8 Å². The predicted octanol–water partition coefficient (Wildman–Crippen LogP) is 4.38. The van der Waals surface area contributed by atoms with Crippen LogP contribution in [0.5, 0.6) is 5.75 Å². The minimum Gasteiger partial charge on any atom is -0.492 e. The number of nitrogens with one attached hydrogen (secondary N) is 2. The summed E-state index contributed by atoms with van der Waals surface area (Å²) in [4.78, 5) is 12.3. The summed E-state index contributed by atoms with van der Waals surface area (Å²) in [5.41, 5.74) is 0.0763. The minimum absolute atomic E-state index is 0.0142. The van der Waals surface area contributed by atoms with Crippen LogP contribution in [0.2, 0.25) is 5.02 Å². The molecule has 5 rings (SSSR count). The molecule has 25 heavy (non-hydrogen) atoms. The van der Waals surface area contributed by atoms with Crippen molar-refractivity contribution in [3.63, 3.8) is 0 Å². The van der Waals surface area contributed by atoms with Crippen LogP contribution in [0.3, 0.4) is 0 Å². The molecule has 4 fully saturated rings. The highest BCUT2D eigenvalue weighted by molar-refractivity contribution is 6.32. The number of para-hydroxylation sites is 1. The average Bonchev–Trinajstić information content (AvgIpc) is 2.54. The third kappa shape index (κ3) is 3.89. The first-order chi connectivity index (χ1) is 12.1. The lowest BCUT2D eigenvalue weighted by Gasteiger charge is -2.56. The second-order valence-electron chi connectivity index (χ2n) is 8.21. The highest BCUT2D eigenvalue weighted by Crippen LogP contribution is 2.55. The maximum atomic E-state index is 12.3. The van der Waals surface area contributed by atoms with E-state index in [2.05, 4.69) is 10.6 Å². The molecule has 1 aromatic carbocycles. The summed E-state index contributed by atoms with van der Waals surface area (Å²) in [6, 6.07) is 7.44. The smallest absolute Gasteiger partial charge is 0.315 e. The zero-order chi connectivity index (χ0) is 17.3. The van der Waals surface area contributed by atoms with Gasteiger partial charge in [-0.25, -0.2) is 4.79 Å². The Morgan fingerprint density at radius 1 is 1.12 bits per heavy atom. The Balaban J connectivity index is 1.18. The number of carbonyl (C=O) groups excluding carboxylic acids is 1. The maximum absolute atomic E-state index is 12.3. The van der Waals surface area contributed by atoms with Crippen LogP contribution in [0.15, 0.2) is 24.3 Å². The van der Waals surface area contributed by atoms with E-state index in [1.807, 2.05) is 24.3 Å². The van der Waals surface area contributed by atoms with Crippen molar-refractivity contribution >= 4 is 17.6 Å². The number of amides is 2. The number of ether oxygens (including phenoxy) is 1. The molecule has 0 aliphatic heterocycles. The molecule has 2 amide bonds. The Morgan fingerprint density at radius 3 is 2.40 bits per heavy atom. The summed E-state index contributed by atoms with van der Waals surface area (Å²) >= 11 is 6.06. The molecule has 0 saturated heterocycles. The standard InChI is InChI=1S/C20H27ClN2O2/c21-17-4-1-2-5-18(17)25-7-3-6-22-19(24)23-20-11-14-8-15(12-20)10-16(9-14)13-20/h1-2,4-5,14-16H,3,6-13H2,(H2,22,23,24). The van der Waals surface area contributed by atoms with Gasteiger partial charge >= 0.3 is 6.03 Å². The molecule has 2 N–H and O–H groups in total. The second-order valence-corrected chi connectivity index (χ2v) is 8.62. The van der Waals surface area contributed by atoms with Gasteiger partial charge in [0.1, 0.15) is 5.75 Å². The van der Waals surface area contributed by atoms with Crippen LogP contribution in [-0.2, 0) is 0 Å². The van der Waals surface area contributed by atoms with E-state index in [9.17, 15) is 4.79 Å². The van der Waals surface area contributed by atoms with Crippen molar-refractivity contribution in [2.75, 3.05) is 13.2 Å². The molecule has 136 valence electrons. The molecular weight excluding hydrogens is 336 g/mol. The molecule has 0 radical (unpaired) electrons. The largest absolute Gasteiger partial charge is 0.492 e. The molecule has 0 atom stereocenters. The first kappa shape index (κ1) is 17.0. The molecule has 0 unspecified atom stereocenters. The Hall–Kier alpha value is -1.42. The number of carbonyl (C=O) groups is 1. The fraction of sp³-hybridized carbons (Fsp3) is 0.650. The first-order valence-electron chi connectivity index (χ1n) is 9.55. The Labute approximate surface area is 154 Å². The highest BCUT2D eigenvalue weighted by atomic mass is 35.5. The molecule has 0 heterocycles. The Bertz CT molecular complexity index is 599. The molecule has 5 heteroatoms. The van der Waals surface area contributed by atoms with Crippen molar-refractivity contribution in [1.29, 1.82) is 0 Å². The SMILES string of the molecule is O=C(NCCCOc1ccccc1Cl)NC12CC3CC(CC(C3)C1)C2. The normalized spacial score (nSPS) is 32.4. The summed E-state index contributed by atoms with van der Waals surface area (Å²) < 4.78 is 5.65. The van der Waals surface area contributed by atoms with Gasteiger partial charge in [0, 0.05) is 12.1 Å². The van der Waals surface area contributed by atoms with E-state index < -0.39 is 0 Å². The van der Waals surface area contributed by atoms with Crippen LogP contribution in [0.4, 0.5) is 4.79 Å². The topological polar surface area (TPSA) is 50.4 Å². The van der Waals surface area contributed by atoms with Crippen LogP contribution in [-0.4, -0.2) is 24.7 Å². The van der Waals surface area contributed by atoms with Gasteiger partial charge in [-0.1, -0.05) is 23.7 Å². The van der Waals surface area contributed by atoms with Crippen LogP contribution in [0.25, 0.3) is 0 Å². The summed E-state index contributed by atoms with van der Waals surface area (Å²) in [7, 11) is 0. The van der Waals surface area contributed by atoms with Crippen molar-refractivity contribution in [3.8, 4) is 5.75 Å². The van der Waals surface area contributed by atoms with Gasteiger partial charge in [-0.15, -0.1) is 0 Å². The van der Waals surface area contributed by atoms with Crippen molar-refractivity contribution in [1.82, 2.24) is 10.6 Å². The average molecular weight is 363 g/mol. The number of hydrogen-bond acceptors (Lipinski definition) is 2. The Morgan fingerprint density at radius 2 is 1.76 bits per heavy atom. The minimum atomic E-state index is -0.0142. The lowest BCUT2D eigenvalue weighted by Crippen LogP contribution is -2.61. The molecular formula is C20H27ClN2O2. The first-order valence-corrected chi connectivity index (χ1v) is 9.93. The number of benzene rings is 1. The van der Waals surface area contributed by atoms with E-state index in [1.54, 1.807) is 0 Å². The van der Waals surface area contributed by atoms with E-state index in [-0.39, 0.29) is 11.6 Å². The van der Waals surface area contributed by atoms with Gasteiger partial charge in [0.15, 0.2) is 0 Å². The summed E-state index contributed by atoms with van der Waals surface area (Å²) in [6.07, 6.45) is 8.48. The highest BCUT2D eigenvalue weighted by Gasteiger charge is 2.51. The molecule has 4 aliphatic carbocycles. The monoisotopic (exact) mass is 362 g/mol. The molecule has 4 nitrogen and oxygen atoms in total. The van der Waals surface area contributed by atoms with Crippen LogP contribution < -0.4 is 15.4 Å². The maximum Gasteiger partial charge on any atom is 0.315 e. The third-order valence-electron chi connectivity index (χ3n) is 6.12. The second kappa shape index (κ2) is 7.06. The zero-order valence-corrected chi connectivity index (χ0v) is 15.4. The third-order valence-corrected chi connectivity index (χ3v) is 6.43. The van der Waals surface area contributed by atoms with E-state index in [1.165, 1.54) is 38.5 Å². The van der Waals surface area contributed by atoms with Gasteiger partial charge in [0.05, 0.1) is 11.6 Å². The van der Waals surface area contributed by atoms with E-state index in [0.717, 1.165) is 24.2 Å². The molecule has 0 spiro atoms. The molecule has 4 saturated carbocycles. The lowest BCUT2D eigenvalue weighted by molar-refractivity contribution is -0.0135. The van der Waals surface area contributed by atoms with Crippen molar-refractivity contribution in [3.05, 3.63) is 29.3 Å². The zero-order valence-electron chi connectivity index (χ0n) is 14.6. The lowest BCUT2D eigenvalue weighted by atomic mass is 9.53. The molecule has 1 aromatic rings. The van der Waals surface area contributed by atoms with Gasteiger partial charge < -0.3 is 15.4 Å².